The van der Waals surface area contributed by atoms with Crippen molar-refractivity contribution >= 4 is 0 Å². The second-order valence-electron chi connectivity index (χ2n) is 5.67. The van der Waals surface area contributed by atoms with E-state index in [1.807, 2.05) is 0 Å². The first-order valence-electron chi connectivity index (χ1n) is 6.44. The second-order valence-corrected chi connectivity index (χ2v) is 5.67. The molecule has 0 bridgehead atoms. The Morgan fingerprint density at radius 1 is 0.250 bits per heavy atom. The third-order valence-electron chi connectivity index (χ3n) is 3.84. The highest BCUT2D eigenvalue weighted by molar-refractivity contribution is 5.33. The summed E-state index contributed by atoms with van der Waals surface area (Å²) in [7, 11) is 0. The SMILES string of the molecule is OC(C(F)(C(F)(F)F)C(F)(F)F)(C(F)(C(F)(F)F)C(F)(F)F)C(F)(C(F)(F)F)C(F)(F)F. The Bertz CT molecular complexity index is 543. The fourth-order valence-electron chi connectivity index (χ4n) is 2.42. The topological polar surface area (TPSA) is 20.2 Å². The molecular weight excluding hydrogens is 535 g/mol. The molecule has 194 valence electrons. The summed E-state index contributed by atoms with van der Waals surface area (Å²) in [6.07, 6.45) is -53.5. The molecule has 1 nitrogen and oxygen atoms in total. The van der Waals surface area contributed by atoms with Crippen molar-refractivity contribution in [1.82, 2.24) is 0 Å². The van der Waals surface area contributed by atoms with Crippen LogP contribution in [0.15, 0.2) is 0 Å². The van der Waals surface area contributed by atoms with Crippen LogP contribution >= 0.6 is 0 Å². The fraction of sp³-hybridized carbons (Fsp3) is 1.00. The van der Waals surface area contributed by atoms with Gasteiger partial charge in [-0.05, 0) is 0 Å². The van der Waals surface area contributed by atoms with Crippen LogP contribution in [0.1, 0.15) is 0 Å². The summed E-state index contributed by atoms with van der Waals surface area (Å²) >= 11 is 0. The minimum absolute atomic E-state index is 8.74. The molecule has 22 heteroatoms. The summed E-state index contributed by atoms with van der Waals surface area (Å²) in [5.74, 6) is 0. The van der Waals surface area contributed by atoms with E-state index in [0.29, 0.717) is 0 Å². The normalized spacial score (nSPS) is 17.1. The Hall–Kier alpha value is -1.51. The van der Waals surface area contributed by atoms with Crippen LogP contribution in [-0.2, 0) is 0 Å². The van der Waals surface area contributed by atoms with Crippen molar-refractivity contribution in [1.29, 1.82) is 0 Å². The molecule has 0 aromatic carbocycles. The average molecular weight is 536 g/mol. The number of aliphatic hydroxyl groups is 1. The number of hydrogen-bond donors (Lipinski definition) is 1. The van der Waals surface area contributed by atoms with Crippen LogP contribution in [0.3, 0.4) is 0 Å². The molecule has 0 aliphatic heterocycles. The van der Waals surface area contributed by atoms with Gasteiger partial charge in [0.25, 0.3) is 0 Å². The van der Waals surface area contributed by atoms with Crippen LogP contribution in [0.2, 0.25) is 0 Å². The Morgan fingerprint density at radius 3 is 0.406 bits per heavy atom. The third kappa shape index (κ3) is 3.41. The van der Waals surface area contributed by atoms with Gasteiger partial charge >= 0.3 is 54.1 Å². The van der Waals surface area contributed by atoms with Gasteiger partial charge in [0.15, 0.2) is 0 Å². The van der Waals surface area contributed by atoms with E-state index in [-0.39, 0.29) is 0 Å². The molecule has 0 aromatic rings. The van der Waals surface area contributed by atoms with E-state index in [2.05, 4.69) is 0 Å². The summed E-state index contributed by atoms with van der Waals surface area (Å²) in [4.78, 5) is 0. The van der Waals surface area contributed by atoms with Gasteiger partial charge in [-0.2, -0.15) is 79.0 Å². The van der Waals surface area contributed by atoms with Crippen molar-refractivity contribution in [3.05, 3.63) is 0 Å². The Morgan fingerprint density at radius 2 is 0.344 bits per heavy atom. The molecule has 0 aliphatic rings. The van der Waals surface area contributed by atoms with Gasteiger partial charge in [0.2, 0.25) is 5.60 Å². The minimum atomic E-state index is -9.78. The third-order valence-corrected chi connectivity index (χ3v) is 3.84. The summed E-state index contributed by atoms with van der Waals surface area (Å²) in [6, 6.07) is 0. The molecule has 0 saturated heterocycles. The van der Waals surface area contributed by atoms with Gasteiger partial charge < -0.3 is 5.11 Å². The van der Waals surface area contributed by atoms with Gasteiger partial charge in [-0.15, -0.1) is 0 Å². The molecule has 0 amide bonds. The lowest BCUT2D eigenvalue weighted by atomic mass is 9.61. The van der Waals surface area contributed by atoms with E-state index in [1.54, 1.807) is 0 Å². The Balaban J connectivity index is 8.69. The smallest absolute Gasteiger partial charge is 0.378 e. The molecule has 0 aromatic heterocycles. The van der Waals surface area contributed by atoms with Crippen molar-refractivity contribution < 1.29 is 97.3 Å². The van der Waals surface area contributed by atoms with E-state index in [0.717, 1.165) is 0 Å². The van der Waals surface area contributed by atoms with Crippen molar-refractivity contribution in [2.75, 3.05) is 0 Å². The first-order chi connectivity index (χ1) is 13.2. The van der Waals surface area contributed by atoms with Gasteiger partial charge in [0.05, 0.1) is 0 Å². The molecular formula is C10HF21O. The van der Waals surface area contributed by atoms with Gasteiger partial charge in [0, 0.05) is 0 Å². The molecule has 0 radical (unpaired) electrons. The lowest BCUT2D eigenvalue weighted by Crippen LogP contribution is -2.91. The standard InChI is InChI=1S/C10HF21O/c11-1(5(14,15)16,6(17,18)19)4(32,2(12,7(20,21)22)8(23,24)25)3(13,9(26,27)28)10(29,30)31/h32H. The second kappa shape index (κ2) is 7.00. The molecule has 0 aliphatic carbocycles. The van der Waals surface area contributed by atoms with Gasteiger partial charge in [-0.1, -0.05) is 0 Å². The summed E-state index contributed by atoms with van der Waals surface area (Å²) in [6.45, 7) is 0. The summed E-state index contributed by atoms with van der Waals surface area (Å²) in [5.41, 5.74) is -38.4. The molecule has 1 N–H and O–H groups in total. The van der Waals surface area contributed by atoms with E-state index < -0.39 is 59.7 Å². The van der Waals surface area contributed by atoms with Crippen molar-refractivity contribution in [3.8, 4) is 0 Å². The van der Waals surface area contributed by atoms with Crippen molar-refractivity contribution in [2.45, 2.75) is 59.7 Å². The van der Waals surface area contributed by atoms with E-state index in [4.69, 9.17) is 5.11 Å². The zero-order chi connectivity index (χ0) is 27.0. The first kappa shape index (κ1) is 30.5. The Labute approximate surface area is 158 Å². The summed E-state index contributed by atoms with van der Waals surface area (Å²) in [5, 5.41) is 8.74. The van der Waals surface area contributed by atoms with Gasteiger partial charge in [-0.25, -0.2) is 13.2 Å². The molecule has 0 fully saturated rings. The highest BCUT2D eigenvalue weighted by atomic mass is 19.5. The highest BCUT2D eigenvalue weighted by Crippen LogP contribution is 2.71. The fourth-order valence-corrected chi connectivity index (χ4v) is 2.42. The minimum Gasteiger partial charge on any atom is -0.378 e. The lowest BCUT2D eigenvalue weighted by Gasteiger charge is -2.55. The number of hydrogen-bond acceptors (Lipinski definition) is 1. The predicted octanol–water partition coefficient (Wildman–Crippen LogP) is 6.22. The molecule has 0 saturated carbocycles. The first-order valence-corrected chi connectivity index (χ1v) is 6.44. The maximum absolute atomic E-state index is 14.0. The average Bonchev–Trinajstić information content (AvgIpc) is 2.44. The van der Waals surface area contributed by atoms with Crippen LogP contribution in [0.4, 0.5) is 92.2 Å². The van der Waals surface area contributed by atoms with E-state index >= 15 is 0 Å². The molecule has 32 heavy (non-hydrogen) atoms. The van der Waals surface area contributed by atoms with Crippen molar-refractivity contribution in [2.24, 2.45) is 0 Å². The zero-order valence-electron chi connectivity index (χ0n) is 13.4. The van der Waals surface area contributed by atoms with Gasteiger partial charge in [0.1, 0.15) is 0 Å². The van der Waals surface area contributed by atoms with Crippen LogP contribution in [0.5, 0.6) is 0 Å². The quantitative estimate of drug-likeness (QED) is 0.426. The number of alkyl halides is 21. The molecule has 0 heterocycles. The maximum Gasteiger partial charge on any atom is 0.434 e. The van der Waals surface area contributed by atoms with Gasteiger partial charge in [-0.3, -0.25) is 0 Å². The van der Waals surface area contributed by atoms with Crippen LogP contribution in [0, 0.1) is 0 Å². The number of halogens is 21. The molecule has 0 atom stereocenters. The highest BCUT2D eigenvalue weighted by Gasteiger charge is 3.05. The maximum atomic E-state index is 14.0. The van der Waals surface area contributed by atoms with E-state index in [9.17, 15) is 92.2 Å². The lowest BCUT2D eigenvalue weighted by molar-refractivity contribution is -0.512. The monoisotopic (exact) mass is 536 g/mol. The van der Waals surface area contributed by atoms with E-state index in [1.165, 1.54) is 0 Å². The largest absolute Gasteiger partial charge is 0.434 e. The predicted molar refractivity (Wildman–Crippen MR) is 52.8 cm³/mol. The van der Waals surface area contributed by atoms with Crippen molar-refractivity contribution in [3.63, 3.8) is 0 Å². The molecule has 0 unspecified atom stereocenters. The number of rotatable bonds is 3. The van der Waals surface area contributed by atoms with Crippen LogP contribution < -0.4 is 0 Å². The Kier molecular flexibility index (Phi) is 6.67. The zero-order valence-corrected chi connectivity index (χ0v) is 13.4. The molecule has 0 rings (SSSR count). The van der Waals surface area contributed by atoms with Crippen LogP contribution in [-0.4, -0.2) is 64.8 Å². The molecule has 0 spiro atoms. The summed E-state index contributed by atoms with van der Waals surface area (Å²) < 4.78 is 270. The van der Waals surface area contributed by atoms with Crippen LogP contribution in [0.25, 0.3) is 0 Å².